The van der Waals surface area contributed by atoms with Crippen molar-refractivity contribution >= 4 is 17.5 Å². The van der Waals surface area contributed by atoms with Crippen LogP contribution in [0, 0.1) is 5.92 Å². The van der Waals surface area contributed by atoms with Crippen molar-refractivity contribution in [1.82, 2.24) is 4.90 Å². The van der Waals surface area contributed by atoms with Gasteiger partial charge in [-0.1, -0.05) is 12.1 Å². The van der Waals surface area contributed by atoms with E-state index < -0.39 is 0 Å². The van der Waals surface area contributed by atoms with Crippen molar-refractivity contribution in [2.24, 2.45) is 5.92 Å². The largest absolute Gasteiger partial charge is 0.482 e. The van der Waals surface area contributed by atoms with Gasteiger partial charge in [-0.2, -0.15) is 0 Å². The van der Waals surface area contributed by atoms with E-state index in [2.05, 4.69) is 0 Å². The highest BCUT2D eigenvalue weighted by Gasteiger charge is 2.43. The maximum atomic E-state index is 12.5. The van der Waals surface area contributed by atoms with E-state index in [0.29, 0.717) is 23.4 Å². The van der Waals surface area contributed by atoms with Crippen molar-refractivity contribution in [1.29, 1.82) is 0 Å². The van der Waals surface area contributed by atoms with Crippen molar-refractivity contribution < 1.29 is 14.3 Å². The SMILES string of the molecule is O=C1COc2ccccc2N1CC(=O)N1CCC1C1CC1. The lowest BCUT2D eigenvalue weighted by Gasteiger charge is -2.42. The summed E-state index contributed by atoms with van der Waals surface area (Å²) in [5, 5.41) is 0. The smallest absolute Gasteiger partial charge is 0.265 e. The van der Waals surface area contributed by atoms with Gasteiger partial charge in [-0.15, -0.1) is 0 Å². The van der Waals surface area contributed by atoms with Gasteiger partial charge in [0.15, 0.2) is 6.61 Å². The van der Waals surface area contributed by atoms with Gasteiger partial charge in [0.1, 0.15) is 12.3 Å². The summed E-state index contributed by atoms with van der Waals surface area (Å²) in [6.07, 6.45) is 3.60. The lowest BCUT2D eigenvalue weighted by molar-refractivity contribution is -0.139. The average Bonchev–Trinajstić information content (AvgIpc) is 3.25. The molecular formula is C16H18N2O3. The molecule has 110 valence electrons. The number of carbonyl (C=O) groups is 2. The minimum atomic E-state index is -0.148. The van der Waals surface area contributed by atoms with Gasteiger partial charge in [0.2, 0.25) is 5.91 Å². The number of hydrogen-bond acceptors (Lipinski definition) is 3. The van der Waals surface area contributed by atoms with E-state index in [1.165, 1.54) is 12.8 Å². The lowest BCUT2D eigenvalue weighted by Crippen LogP contribution is -2.56. The van der Waals surface area contributed by atoms with Gasteiger partial charge in [-0.05, 0) is 37.3 Å². The first-order valence-corrected chi connectivity index (χ1v) is 7.56. The fraction of sp³-hybridized carbons (Fsp3) is 0.500. The molecule has 0 N–H and O–H groups in total. The molecule has 1 saturated heterocycles. The highest BCUT2D eigenvalue weighted by Crippen LogP contribution is 2.41. The van der Waals surface area contributed by atoms with Crippen LogP contribution < -0.4 is 9.64 Å². The van der Waals surface area contributed by atoms with E-state index in [1.54, 1.807) is 4.90 Å². The van der Waals surface area contributed by atoms with Crippen LogP contribution in [0.2, 0.25) is 0 Å². The Morgan fingerprint density at radius 3 is 2.76 bits per heavy atom. The molecule has 3 aliphatic rings. The summed E-state index contributed by atoms with van der Waals surface area (Å²) in [5.41, 5.74) is 0.700. The lowest BCUT2D eigenvalue weighted by atomic mass is 9.98. The molecule has 2 heterocycles. The van der Waals surface area contributed by atoms with Gasteiger partial charge < -0.3 is 9.64 Å². The van der Waals surface area contributed by atoms with Crippen LogP contribution >= 0.6 is 0 Å². The Kier molecular flexibility index (Phi) is 2.87. The van der Waals surface area contributed by atoms with E-state index in [0.717, 1.165) is 13.0 Å². The zero-order chi connectivity index (χ0) is 14.4. The first-order chi connectivity index (χ1) is 10.2. The second kappa shape index (κ2) is 4.76. The van der Waals surface area contributed by atoms with Crippen molar-refractivity contribution in [2.45, 2.75) is 25.3 Å². The number of rotatable bonds is 3. The molecule has 0 spiro atoms. The van der Waals surface area contributed by atoms with Gasteiger partial charge in [0.05, 0.1) is 5.69 Å². The quantitative estimate of drug-likeness (QED) is 0.844. The number of nitrogens with zero attached hydrogens (tertiary/aromatic N) is 2. The van der Waals surface area contributed by atoms with Crippen LogP contribution in [0.3, 0.4) is 0 Å². The molecule has 1 atom stereocenters. The number of para-hydroxylation sites is 2. The number of carbonyl (C=O) groups excluding carboxylic acids is 2. The molecule has 1 aliphatic carbocycles. The van der Waals surface area contributed by atoms with Crippen LogP contribution in [0.25, 0.3) is 0 Å². The van der Waals surface area contributed by atoms with Crippen LogP contribution in [0.15, 0.2) is 24.3 Å². The van der Waals surface area contributed by atoms with Gasteiger partial charge in [-0.3, -0.25) is 14.5 Å². The molecule has 1 unspecified atom stereocenters. The fourth-order valence-corrected chi connectivity index (χ4v) is 3.24. The number of benzene rings is 1. The molecule has 5 heteroatoms. The Labute approximate surface area is 123 Å². The molecule has 1 aromatic carbocycles. The second-order valence-electron chi connectivity index (χ2n) is 6.02. The van der Waals surface area contributed by atoms with Gasteiger partial charge >= 0.3 is 0 Å². The molecule has 4 rings (SSSR count). The van der Waals surface area contributed by atoms with E-state index in [-0.39, 0.29) is 25.0 Å². The fourth-order valence-electron chi connectivity index (χ4n) is 3.24. The minimum Gasteiger partial charge on any atom is -0.482 e. The monoisotopic (exact) mass is 286 g/mol. The zero-order valence-electron chi connectivity index (χ0n) is 11.8. The average molecular weight is 286 g/mol. The highest BCUT2D eigenvalue weighted by molar-refractivity contribution is 6.02. The van der Waals surface area contributed by atoms with E-state index in [4.69, 9.17) is 4.74 Å². The summed E-state index contributed by atoms with van der Waals surface area (Å²) in [4.78, 5) is 28.1. The van der Waals surface area contributed by atoms with Crippen LogP contribution in [0.4, 0.5) is 5.69 Å². The van der Waals surface area contributed by atoms with E-state index in [1.807, 2.05) is 29.2 Å². The molecular weight excluding hydrogens is 268 g/mol. The van der Waals surface area contributed by atoms with Crippen LogP contribution in [0.1, 0.15) is 19.3 Å². The summed E-state index contributed by atoms with van der Waals surface area (Å²) in [5.74, 6) is 1.29. The maximum Gasteiger partial charge on any atom is 0.265 e. The standard InChI is InChI=1S/C16H18N2O3/c19-15(17-8-7-12(17)11-5-6-11)9-18-13-3-1-2-4-14(13)21-10-16(18)20/h1-4,11-12H,5-10H2. The maximum absolute atomic E-state index is 12.5. The molecule has 2 aliphatic heterocycles. The van der Waals surface area contributed by atoms with Gasteiger partial charge in [0, 0.05) is 12.6 Å². The Morgan fingerprint density at radius 1 is 1.24 bits per heavy atom. The first kappa shape index (κ1) is 12.7. The third-order valence-electron chi connectivity index (χ3n) is 4.65. The van der Waals surface area contributed by atoms with Gasteiger partial charge in [0.25, 0.3) is 5.91 Å². The molecule has 21 heavy (non-hydrogen) atoms. The number of ether oxygens (including phenoxy) is 1. The Morgan fingerprint density at radius 2 is 2.05 bits per heavy atom. The summed E-state index contributed by atoms with van der Waals surface area (Å²) >= 11 is 0. The first-order valence-electron chi connectivity index (χ1n) is 7.56. The van der Waals surface area contributed by atoms with E-state index >= 15 is 0 Å². The van der Waals surface area contributed by atoms with Crippen molar-refractivity contribution in [2.75, 3.05) is 24.6 Å². The normalized spacial score (nSPS) is 24.2. The predicted molar refractivity (Wildman–Crippen MR) is 77.1 cm³/mol. The predicted octanol–water partition coefficient (Wildman–Crippen LogP) is 1.42. The Balaban J connectivity index is 1.51. The molecule has 0 radical (unpaired) electrons. The highest BCUT2D eigenvalue weighted by atomic mass is 16.5. The molecule has 0 aromatic heterocycles. The summed E-state index contributed by atoms with van der Waals surface area (Å²) < 4.78 is 5.40. The Bertz CT molecular complexity index is 597. The molecule has 0 bridgehead atoms. The van der Waals surface area contributed by atoms with Crippen LogP contribution in [-0.2, 0) is 9.59 Å². The third-order valence-corrected chi connectivity index (χ3v) is 4.65. The van der Waals surface area contributed by atoms with Gasteiger partial charge in [-0.25, -0.2) is 0 Å². The number of anilines is 1. The summed E-state index contributed by atoms with van der Waals surface area (Å²) in [6.45, 7) is 0.971. The summed E-state index contributed by atoms with van der Waals surface area (Å²) in [6, 6.07) is 7.80. The van der Waals surface area contributed by atoms with E-state index in [9.17, 15) is 9.59 Å². The zero-order valence-corrected chi connectivity index (χ0v) is 11.8. The molecule has 5 nitrogen and oxygen atoms in total. The molecule has 1 saturated carbocycles. The molecule has 1 aromatic rings. The molecule has 2 amide bonds. The van der Waals surface area contributed by atoms with Crippen molar-refractivity contribution in [3.05, 3.63) is 24.3 Å². The topological polar surface area (TPSA) is 49.9 Å². The summed E-state index contributed by atoms with van der Waals surface area (Å²) in [7, 11) is 0. The second-order valence-corrected chi connectivity index (χ2v) is 6.02. The number of likely N-dealkylation sites (tertiary alicyclic amines) is 1. The van der Waals surface area contributed by atoms with Crippen molar-refractivity contribution in [3.63, 3.8) is 0 Å². The number of fused-ring (bicyclic) bond motifs is 1. The molecule has 2 fully saturated rings. The number of hydrogen-bond donors (Lipinski definition) is 0. The van der Waals surface area contributed by atoms with Crippen LogP contribution in [-0.4, -0.2) is 42.5 Å². The number of amides is 2. The Hall–Kier alpha value is -2.04. The van der Waals surface area contributed by atoms with Crippen molar-refractivity contribution in [3.8, 4) is 5.75 Å². The third kappa shape index (κ3) is 2.17. The minimum absolute atomic E-state index is 0.0103. The van der Waals surface area contributed by atoms with Crippen LogP contribution in [0.5, 0.6) is 5.75 Å².